The molecular weight excluding hydrogens is 644 g/mol. The van der Waals surface area contributed by atoms with E-state index in [1.165, 1.54) is 58.7 Å². The Balaban J connectivity index is 1.24. The number of hydrogen-bond acceptors (Lipinski definition) is 8. The van der Waals surface area contributed by atoms with Gasteiger partial charge in [-0.1, -0.05) is 6.07 Å². The van der Waals surface area contributed by atoms with E-state index in [4.69, 9.17) is 0 Å². The molecule has 3 aromatic rings. The predicted octanol–water partition coefficient (Wildman–Crippen LogP) is 3.43. The number of halogens is 2. The number of aliphatic hydroxyl groups excluding tert-OH is 1. The van der Waals surface area contributed by atoms with Gasteiger partial charge in [0.05, 0.1) is 29.5 Å². The van der Waals surface area contributed by atoms with E-state index in [1.807, 2.05) is 0 Å². The zero-order chi connectivity index (χ0) is 33.6. The summed E-state index contributed by atoms with van der Waals surface area (Å²) in [5, 5.41) is 26.2. The zero-order valence-electron chi connectivity index (χ0n) is 25.3. The number of nitrogens with one attached hydrogen (secondary N) is 3. The number of anilines is 2. The highest BCUT2D eigenvalue weighted by Gasteiger charge is 2.29. The largest absolute Gasteiger partial charge is 0.506 e. The van der Waals surface area contributed by atoms with Gasteiger partial charge in [-0.15, -0.1) is 0 Å². The van der Waals surface area contributed by atoms with Crippen LogP contribution >= 0.6 is 0 Å². The lowest BCUT2D eigenvalue weighted by Gasteiger charge is -2.31. The molecule has 1 saturated heterocycles. The number of phenolic OH excluding ortho intramolecular Hbond substituents is 1. The molecule has 1 heterocycles. The van der Waals surface area contributed by atoms with Crippen LogP contribution in [0.25, 0.3) is 0 Å². The maximum atomic E-state index is 13.9. The Morgan fingerprint density at radius 2 is 1.70 bits per heavy atom. The molecule has 0 aliphatic carbocycles. The van der Waals surface area contributed by atoms with Gasteiger partial charge >= 0.3 is 6.03 Å². The lowest BCUT2D eigenvalue weighted by Crippen LogP contribution is -2.41. The number of nitrogens with zero attached hydrogens (tertiary/aromatic N) is 2. The molecular formula is C30H37F2N5O7S2. The highest BCUT2D eigenvalue weighted by Crippen LogP contribution is 2.28. The van der Waals surface area contributed by atoms with Gasteiger partial charge in [0.25, 0.3) is 0 Å². The van der Waals surface area contributed by atoms with Crippen molar-refractivity contribution in [2.75, 3.05) is 49.5 Å². The molecule has 0 unspecified atom stereocenters. The van der Waals surface area contributed by atoms with Crippen LogP contribution in [-0.2, 0) is 26.6 Å². The van der Waals surface area contributed by atoms with Crippen molar-refractivity contribution in [3.05, 3.63) is 83.4 Å². The number of amides is 2. The Morgan fingerprint density at radius 1 is 1.02 bits per heavy atom. The van der Waals surface area contributed by atoms with E-state index in [9.17, 15) is 40.6 Å². The average Bonchev–Trinajstić information content (AvgIpc) is 3.00. The third-order valence-corrected chi connectivity index (χ3v) is 10.1. The van der Waals surface area contributed by atoms with Gasteiger partial charge in [0.15, 0.2) is 0 Å². The van der Waals surface area contributed by atoms with Crippen LogP contribution in [0.4, 0.5) is 25.0 Å². The molecule has 0 aromatic heterocycles. The third-order valence-electron chi connectivity index (χ3n) is 7.55. The first-order chi connectivity index (χ1) is 21.6. The zero-order valence-corrected chi connectivity index (χ0v) is 26.9. The average molecular weight is 682 g/mol. The highest BCUT2D eigenvalue weighted by atomic mass is 32.2. The fraction of sp³-hybridized carbons (Fsp3) is 0.367. The first-order valence-electron chi connectivity index (χ1n) is 14.4. The van der Waals surface area contributed by atoms with Gasteiger partial charge in [0.2, 0.25) is 20.0 Å². The van der Waals surface area contributed by atoms with Crippen LogP contribution in [0.2, 0.25) is 0 Å². The maximum absolute atomic E-state index is 13.9. The van der Waals surface area contributed by atoms with Gasteiger partial charge in [-0.3, -0.25) is 4.72 Å². The number of carbonyl (C=O) groups is 1. The lowest BCUT2D eigenvalue weighted by molar-refractivity contribution is 0.169. The molecule has 0 saturated carbocycles. The number of urea groups is 1. The van der Waals surface area contributed by atoms with Crippen LogP contribution in [0.5, 0.6) is 5.75 Å². The summed E-state index contributed by atoms with van der Waals surface area (Å²) < 4.78 is 80.5. The first-order valence-corrected chi connectivity index (χ1v) is 17.7. The molecule has 1 atom stereocenters. The topological polar surface area (TPSA) is 168 Å². The molecule has 2 amide bonds. The smallest absolute Gasteiger partial charge is 0.321 e. The van der Waals surface area contributed by atoms with Crippen LogP contribution in [0.3, 0.4) is 0 Å². The van der Waals surface area contributed by atoms with E-state index in [0.29, 0.717) is 43.7 Å². The summed E-state index contributed by atoms with van der Waals surface area (Å²) in [6.45, 7) is 1.14. The molecule has 0 spiro atoms. The second-order valence-corrected chi connectivity index (χ2v) is 14.9. The minimum absolute atomic E-state index is 0.0187. The van der Waals surface area contributed by atoms with E-state index in [1.54, 1.807) is 0 Å². The predicted molar refractivity (Wildman–Crippen MR) is 169 cm³/mol. The number of aromatic hydroxyl groups is 1. The molecule has 0 bridgehead atoms. The molecule has 4 rings (SSSR count). The van der Waals surface area contributed by atoms with Crippen LogP contribution in [0.1, 0.15) is 30.1 Å². The molecule has 46 heavy (non-hydrogen) atoms. The Kier molecular flexibility index (Phi) is 11.2. The fourth-order valence-corrected chi connectivity index (χ4v) is 7.04. The maximum Gasteiger partial charge on any atom is 0.321 e. The molecule has 5 N–H and O–H groups in total. The molecule has 250 valence electrons. The number of piperidine rings is 1. The molecule has 1 aliphatic heterocycles. The second-order valence-electron chi connectivity index (χ2n) is 11.2. The summed E-state index contributed by atoms with van der Waals surface area (Å²) in [7, 11) is -5.98. The van der Waals surface area contributed by atoms with Gasteiger partial charge < -0.3 is 25.7 Å². The Labute approximate surface area is 267 Å². The molecule has 3 aromatic carbocycles. The standard InChI is InChI=1S/C30H37F2N5O7S2/c1-36(19-22-15-23(31)4-9-26(22)32)30(40)34-24-5-7-25(8-6-24)46(43,44)37-13-11-20(12-14-37)17-33-18-29(39)21-3-10-28(38)27(16-21)35-45(2,41)42/h3-10,15-16,20,29,33,35,38-39H,11-14,17-19H2,1-2H3,(H,34,40)/t29-/m0/s1. The van der Waals surface area contributed by atoms with Gasteiger partial charge in [-0.05, 0) is 85.5 Å². The minimum Gasteiger partial charge on any atom is -0.506 e. The van der Waals surface area contributed by atoms with Crippen LogP contribution in [0.15, 0.2) is 65.6 Å². The summed E-state index contributed by atoms with van der Waals surface area (Å²) in [5.41, 5.74) is 0.729. The van der Waals surface area contributed by atoms with E-state index in [0.717, 1.165) is 24.5 Å². The van der Waals surface area contributed by atoms with Crippen molar-refractivity contribution in [1.29, 1.82) is 0 Å². The molecule has 1 aliphatic rings. The monoisotopic (exact) mass is 681 g/mol. The summed E-state index contributed by atoms with van der Waals surface area (Å²) in [4.78, 5) is 13.8. The lowest BCUT2D eigenvalue weighted by atomic mass is 9.98. The number of benzene rings is 3. The van der Waals surface area contributed by atoms with Crippen molar-refractivity contribution in [1.82, 2.24) is 14.5 Å². The molecule has 0 radical (unpaired) electrons. The van der Waals surface area contributed by atoms with Crippen molar-refractivity contribution in [2.24, 2.45) is 5.92 Å². The summed E-state index contributed by atoms with van der Waals surface area (Å²) in [6.07, 6.45) is 1.18. The SMILES string of the molecule is CN(Cc1cc(F)ccc1F)C(=O)Nc1ccc(S(=O)(=O)N2CCC(CNC[C@H](O)c3ccc(O)c(NS(C)(=O)=O)c3)CC2)cc1. The number of rotatable bonds is 12. The van der Waals surface area contributed by atoms with E-state index >= 15 is 0 Å². The van der Waals surface area contributed by atoms with Crippen molar-refractivity contribution in [3.8, 4) is 5.75 Å². The molecule has 12 nitrogen and oxygen atoms in total. The van der Waals surface area contributed by atoms with Gasteiger partial charge in [-0.25, -0.2) is 30.4 Å². The van der Waals surface area contributed by atoms with Gasteiger partial charge in [0, 0.05) is 37.9 Å². The molecule has 1 fully saturated rings. The van der Waals surface area contributed by atoms with Gasteiger partial charge in [-0.2, -0.15) is 4.31 Å². The van der Waals surface area contributed by atoms with Crippen LogP contribution in [-0.4, -0.2) is 81.8 Å². The Hall–Kier alpha value is -3.83. The van der Waals surface area contributed by atoms with Crippen LogP contribution < -0.4 is 15.4 Å². The normalized spacial score (nSPS) is 15.3. The highest BCUT2D eigenvalue weighted by molar-refractivity contribution is 7.92. The number of phenols is 1. The quantitative estimate of drug-likeness (QED) is 0.181. The van der Waals surface area contributed by atoms with E-state index in [2.05, 4.69) is 15.4 Å². The fourth-order valence-electron chi connectivity index (χ4n) is 5.01. The van der Waals surface area contributed by atoms with Crippen molar-refractivity contribution >= 4 is 37.5 Å². The minimum atomic E-state index is -3.78. The van der Waals surface area contributed by atoms with Crippen molar-refractivity contribution in [2.45, 2.75) is 30.4 Å². The first kappa shape index (κ1) is 35.0. The summed E-state index contributed by atoms with van der Waals surface area (Å²) >= 11 is 0. The number of carbonyl (C=O) groups excluding carboxylic acids is 1. The van der Waals surface area contributed by atoms with Crippen LogP contribution in [0, 0.1) is 17.6 Å². The number of aliphatic hydroxyl groups is 1. The molecule has 16 heteroatoms. The Morgan fingerprint density at radius 3 is 2.35 bits per heavy atom. The summed E-state index contributed by atoms with van der Waals surface area (Å²) in [5.74, 6) is -1.36. The Bertz CT molecular complexity index is 1750. The number of hydrogen-bond donors (Lipinski definition) is 5. The number of sulfonamides is 2. The second kappa shape index (κ2) is 14.7. The van der Waals surface area contributed by atoms with E-state index < -0.39 is 43.8 Å². The van der Waals surface area contributed by atoms with Crippen molar-refractivity contribution < 1.29 is 40.6 Å². The summed E-state index contributed by atoms with van der Waals surface area (Å²) in [6, 6.07) is 12.3. The van der Waals surface area contributed by atoms with E-state index in [-0.39, 0.29) is 40.9 Å². The van der Waals surface area contributed by atoms with Crippen molar-refractivity contribution in [3.63, 3.8) is 0 Å². The van der Waals surface area contributed by atoms with Gasteiger partial charge in [0.1, 0.15) is 17.4 Å². The third kappa shape index (κ3) is 9.35.